The van der Waals surface area contributed by atoms with Gasteiger partial charge in [-0.2, -0.15) is 0 Å². The minimum Gasteiger partial charge on any atom is -0.457 e. The molecule has 2 aromatic carbocycles. The van der Waals surface area contributed by atoms with E-state index in [2.05, 4.69) is 6.07 Å². The zero-order valence-corrected chi connectivity index (χ0v) is 12.6. The average molecular weight is 310 g/mol. The molecule has 3 nitrogen and oxygen atoms in total. The predicted molar refractivity (Wildman–Crippen MR) is 85.8 cm³/mol. The van der Waals surface area contributed by atoms with Crippen LogP contribution in [0.5, 0.6) is 0 Å². The predicted octanol–water partition coefficient (Wildman–Crippen LogP) is 4.19. The maximum absolute atomic E-state index is 12.2. The second-order valence-corrected chi connectivity index (χ2v) is 6.52. The monoisotopic (exact) mass is 310 g/mol. The third-order valence-corrected chi connectivity index (χ3v) is 5.04. The van der Waals surface area contributed by atoms with Crippen LogP contribution in [-0.2, 0) is 22.6 Å². The molecule has 0 spiro atoms. The van der Waals surface area contributed by atoms with E-state index in [0.717, 1.165) is 17.4 Å². The van der Waals surface area contributed by atoms with E-state index in [1.807, 2.05) is 48.5 Å². The third-order valence-electron chi connectivity index (χ3n) is 3.74. The van der Waals surface area contributed by atoms with Gasteiger partial charge < -0.3 is 9.15 Å². The summed E-state index contributed by atoms with van der Waals surface area (Å²) in [6.07, 6.45) is 0.736. The molecule has 1 atom stereocenters. The molecule has 4 heteroatoms. The van der Waals surface area contributed by atoms with Crippen molar-refractivity contribution >= 4 is 28.7 Å². The van der Waals surface area contributed by atoms with E-state index in [-0.39, 0.29) is 17.8 Å². The SMILES string of the molecule is O=C(OCc1cc2ccccc2o1)C1Cc2ccccc2S1. The summed E-state index contributed by atoms with van der Waals surface area (Å²) in [6, 6.07) is 17.8. The number of fused-ring (bicyclic) bond motifs is 2. The largest absolute Gasteiger partial charge is 0.457 e. The highest BCUT2D eigenvalue weighted by molar-refractivity contribution is 8.01. The number of esters is 1. The van der Waals surface area contributed by atoms with Gasteiger partial charge in [-0.15, -0.1) is 11.8 Å². The highest BCUT2D eigenvalue weighted by atomic mass is 32.2. The lowest BCUT2D eigenvalue weighted by Crippen LogP contribution is -2.19. The molecule has 1 aromatic heterocycles. The fourth-order valence-corrected chi connectivity index (χ4v) is 3.85. The standard InChI is InChI=1S/C18H14O3S/c19-18(17-10-13-6-2-4-8-16(13)22-17)20-11-14-9-12-5-1-3-7-15(12)21-14/h1-9,17H,10-11H2. The molecule has 0 amide bonds. The third kappa shape index (κ3) is 2.50. The number of para-hydroxylation sites is 1. The van der Waals surface area contributed by atoms with Gasteiger partial charge in [0.2, 0.25) is 0 Å². The minimum absolute atomic E-state index is 0.151. The van der Waals surface area contributed by atoms with Crippen molar-refractivity contribution in [2.24, 2.45) is 0 Å². The van der Waals surface area contributed by atoms with Gasteiger partial charge in [0.1, 0.15) is 23.2 Å². The lowest BCUT2D eigenvalue weighted by molar-refractivity contribution is -0.144. The first-order chi connectivity index (χ1) is 10.8. The number of furan rings is 1. The fourth-order valence-electron chi connectivity index (χ4n) is 2.66. The van der Waals surface area contributed by atoms with Crippen LogP contribution in [0.4, 0.5) is 0 Å². The van der Waals surface area contributed by atoms with Crippen LogP contribution in [0, 0.1) is 0 Å². The zero-order valence-electron chi connectivity index (χ0n) is 11.8. The van der Waals surface area contributed by atoms with Crippen LogP contribution in [0.1, 0.15) is 11.3 Å². The van der Waals surface area contributed by atoms with Gasteiger partial charge in [-0.05, 0) is 30.2 Å². The van der Waals surface area contributed by atoms with Crippen molar-refractivity contribution in [1.29, 1.82) is 0 Å². The molecular formula is C18H14O3S. The van der Waals surface area contributed by atoms with E-state index in [4.69, 9.17) is 9.15 Å². The Kier molecular flexibility index (Phi) is 3.39. The number of carbonyl (C=O) groups excluding carboxylic acids is 1. The molecule has 0 radical (unpaired) electrons. The molecule has 3 aromatic rings. The van der Waals surface area contributed by atoms with Crippen molar-refractivity contribution < 1.29 is 13.9 Å². The number of carbonyl (C=O) groups is 1. The highest BCUT2D eigenvalue weighted by Crippen LogP contribution is 2.37. The van der Waals surface area contributed by atoms with Gasteiger partial charge in [-0.25, -0.2) is 0 Å². The van der Waals surface area contributed by atoms with Gasteiger partial charge in [-0.3, -0.25) is 4.79 Å². The van der Waals surface area contributed by atoms with E-state index in [1.54, 1.807) is 11.8 Å². The molecule has 4 rings (SSSR count). The van der Waals surface area contributed by atoms with Crippen molar-refractivity contribution in [3.8, 4) is 0 Å². The van der Waals surface area contributed by atoms with E-state index >= 15 is 0 Å². The number of thioether (sulfide) groups is 1. The normalized spacial score (nSPS) is 16.6. The van der Waals surface area contributed by atoms with Gasteiger partial charge in [0.05, 0.1) is 0 Å². The molecule has 1 aliphatic heterocycles. The number of hydrogen-bond acceptors (Lipinski definition) is 4. The summed E-state index contributed by atoms with van der Waals surface area (Å²) >= 11 is 1.58. The van der Waals surface area contributed by atoms with Crippen molar-refractivity contribution in [3.05, 3.63) is 65.9 Å². The van der Waals surface area contributed by atoms with Gasteiger partial charge in [0, 0.05) is 10.3 Å². The Morgan fingerprint density at radius 3 is 2.86 bits per heavy atom. The lowest BCUT2D eigenvalue weighted by Gasteiger charge is -2.07. The summed E-state index contributed by atoms with van der Waals surface area (Å²) in [5.74, 6) is 0.497. The van der Waals surface area contributed by atoms with Gasteiger partial charge in [0.15, 0.2) is 0 Å². The first-order valence-electron chi connectivity index (χ1n) is 7.18. The van der Waals surface area contributed by atoms with E-state index < -0.39 is 0 Å². The van der Waals surface area contributed by atoms with Gasteiger partial charge in [-0.1, -0.05) is 36.4 Å². The quantitative estimate of drug-likeness (QED) is 0.680. The van der Waals surface area contributed by atoms with Crippen LogP contribution in [0.3, 0.4) is 0 Å². The van der Waals surface area contributed by atoms with E-state index in [9.17, 15) is 4.79 Å². The molecule has 0 aliphatic carbocycles. The minimum atomic E-state index is -0.179. The van der Waals surface area contributed by atoms with Crippen LogP contribution in [0.2, 0.25) is 0 Å². The second-order valence-electron chi connectivity index (χ2n) is 5.28. The van der Waals surface area contributed by atoms with Crippen molar-refractivity contribution in [2.45, 2.75) is 23.2 Å². The number of hydrogen-bond donors (Lipinski definition) is 0. The van der Waals surface area contributed by atoms with E-state index in [1.165, 1.54) is 10.5 Å². The molecule has 0 fully saturated rings. The molecule has 1 unspecified atom stereocenters. The van der Waals surface area contributed by atoms with Crippen LogP contribution in [0.15, 0.2) is 63.9 Å². The second kappa shape index (κ2) is 5.54. The molecule has 110 valence electrons. The molecular weight excluding hydrogens is 296 g/mol. The molecule has 0 saturated heterocycles. The molecule has 22 heavy (non-hydrogen) atoms. The summed E-state index contributed by atoms with van der Waals surface area (Å²) in [5, 5.41) is 0.873. The number of ether oxygens (including phenoxy) is 1. The van der Waals surface area contributed by atoms with Crippen molar-refractivity contribution in [3.63, 3.8) is 0 Å². The summed E-state index contributed by atoms with van der Waals surface area (Å²) in [6.45, 7) is 0.181. The Balaban J connectivity index is 1.41. The molecule has 0 N–H and O–H groups in total. The Morgan fingerprint density at radius 1 is 1.18 bits per heavy atom. The van der Waals surface area contributed by atoms with Crippen LogP contribution in [-0.4, -0.2) is 11.2 Å². The summed E-state index contributed by atoms with van der Waals surface area (Å²) < 4.78 is 11.1. The molecule has 0 bridgehead atoms. The first kappa shape index (κ1) is 13.5. The molecule has 1 aliphatic rings. The van der Waals surface area contributed by atoms with Crippen LogP contribution < -0.4 is 0 Å². The Hall–Kier alpha value is -2.20. The van der Waals surface area contributed by atoms with Crippen LogP contribution >= 0.6 is 11.8 Å². The Morgan fingerprint density at radius 2 is 2.00 bits per heavy atom. The summed E-state index contributed by atoms with van der Waals surface area (Å²) in [7, 11) is 0. The van der Waals surface area contributed by atoms with Gasteiger partial charge in [0.25, 0.3) is 0 Å². The summed E-state index contributed by atoms with van der Waals surface area (Å²) in [5.41, 5.74) is 2.04. The summed E-state index contributed by atoms with van der Waals surface area (Å²) in [4.78, 5) is 13.4. The molecule has 0 saturated carbocycles. The lowest BCUT2D eigenvalue weighted by atomic mass is 10.1. The van der Waals surface area contributed by atoms with Crippen molar-refractivity contribution in [1.82, 2.24) is 0 Å². The maximum Gasteiger partial charge on any atom is 0.320 e. The Labute approximate surface area is 132 Å². The maximum atomic E-state index is 12.2. The van der Waals surface area contributed by atoms with Gasteiger partial charge >= 0.3 is 5.97 Å². The smallest absolute Gasteiger partial charge is 0.320 e. The molecule has 2 heterocycles. The average Bonchev–Trinajstić information content (AvgIpc) is 3.15. The fraction of sp³-hybridized carbons (Fsp3) is 0.167. The number of rotatable bonds is 3. The highest BCUT2D eigenvalue weighted by Gasteiger charge is 2.29. The zero-order chi connectivity index (χ0) is 14.9. The topological polar surface area (TPSA) is 39.4 Å². The first-order valence-corrected chi connectivity index (χ1v) is 8.06. The van der Waals surface area contributed by atoms with Crippen molar-refractivity contribution in [2.75, 3.05) is 0 Å². The van der Waals surface area contributed by atoms with Crippen LogP contribution in [0.25, 0.3) is 11.0 Å². The number of benzene rings is 2. The Bertz CT molecular complexity index is 779. The van der Waals surface area contributed by atoms with E-state index in [0.29, 0.717) is 5.76 Å².